The Bertz CT molecular complexity index is 638. The molecule has 0 heterocycles. The molecule has 114 valence electrons. The van der Waals surface area contributed by atoms with Crippen molar-refractivity contribution in [1.82, 2.24) is 0 Å². The average Bonchev–Trinajstić information content (AvgIpc) is 2.53. The highest BCUT2D eigenvalue weighted by molar-refractivity contribution is 6.06. The molecule has 0 fully saturated rings. The van der Waals surface area contributed by atoms with Gasteiger partial charge in [-0.3, -0.25) is 9.59 Å². The van der Waals surface area contributed by atoms with E-state index in [0.29, 0.717) is 6.42 Å². The van der Waals surface area contributed by atoms with Crippen LogP contribution in [0.15, 0.2) is 59.9 Å². The predicted molar refractivity (Wildman–Crippen MR) is 84.0 cm³/mol. The van der Waals surface area contributed by atoms with Crippen LogP contribution in [0.1, 0.15) is 18.4 Å². The molecule has 0 bridgehead atoms. The lowest BCUT2D eigenvalue weighted by Crippen LogP contribution is -2.20. The Kier molecular flexibility index (Phi) is 5.31. The Labute approximate surface area is 129 Å². The molecular formula is C18H18O4. The number of hydrogen-bond donors (Lipinski definition) is 1. The van der Waals surface area contributed by atoms with Crippen molar-refractivity contribution in [2.24, 2.45) is 5.92 Å². The highest BCUT2D eigenvalue weighted by atomic mass is 16.5. The number of aliphatic hydroxyl groups excluding tert-OH is 1. The average molecular weight is 298 g/mol. The fourth-order valence-corrected chi connectivity index (χ4v) is 2.38. The number of rotatable bonds is 4. The Morgan fingerprint density at radius 2 is 2.09 bits per heavy atom. The minimum absolute atomic E-state index is 0.0746. The van der Waals surface area contributed by atoms with Gasteiger partial charge in [-0.1, -0.05) is 42.5 Å². The summed E-state index contributed by atoms with van der Waals surface area (Å²) < 4.78 is 4.65. The smallest absolute Gasteiger partial charge is 0.306 e. The van der Waals surface area contributed by atoms with Gasteiger partial charge in [0.05, 0.1) is 13.5 Å². The SMILES string of the molecule is COC(=O)CC1CC=CC(=O)C1=C(O)C=Cc1ccccc1. The monoisotopic (exact) mass is 298 g/mol. The van der Waals surface area contributed by atoms with Crippen molar-refractivity contribution in [3.63, 3.8) is 0 Å². The van der Waals surface area contributed by atoms with Crippen molar-refractivity contribution < 1.29 is 19.4 Å². The molecule has 0 aromatic heterocycles. The topological polar surface area (TPSA) is 63.6 Å². The van der Waals surface area contributed by atoms with Gasteiger partial charge in [0.25, 0.3) is 0 Å². The summed E-state index contributed by atoms with van der Waals surface area (Å²) >= 11 is 0. The normalized spacial score (nSPS) is 20.2. The predicted octanol–water partition coefficient (Wildman–Crippen LogP) is 3.22. The summed E-state index contributed by atoms with van der Waals surface area (Å²) in [5, 5.41) is 10.2. The Balaban J connectivity index is 2.26. The second-order valence-electron chi connectivity index (χ2n) is 5.02. The van der Waals surface area contributed by atoms with E-state index < -0.39 is 5.97 Å². The third kappa shape index (κ3) is 3.95. The maximum absolute atomic E-state index is 12.0. The standard InChI is InChI=1S/C18H18O4/c1-22-17(21)12-14-8-5-9-15(19)18(14)16(20)11-10-13-6-3-2-4-7-13/h2-7,9-11,14,20H,8,12H2,1H3. The second kappa shape index (κ2) is 7.41. The van der Waals surface area contributed by atoms with Crippen LogP contribution in [-0.2, 0) is 14.3 Å². The molecule has 1 unspecified atom stereocenters. The molecule has 1 N–H and O–H groups in total. The molecule has 1 aromatic carbocycles. The fraction of sp³-hybridized carbons (Fsp3) is 0.222. The first-order valence-electron chi connectivity index (χ1n) is 7.05. The third-order valence-corrected chi connectivity index (χ3v) is 3.51. The molecule has 1 aliphatic rings. The molecule has 2 rings (SSSR count). The van der Waals surface area contributed by atoms with E-state index in [-0.39, 0.29) is 29.5 Å². The molecule has 0 amide bonds. The summed E-state index contributed by atoms with van der Waals surface area (Å²) in [5.41, 5.74) is 1.18. The maximum atomic E-state index is 12.0. The molecule has 0 aliphatic heterocycles. The zero-order chi connectivity index (χ0) is 15.9. The Hall–Kier alpha value is -2.62. The molecule has 0 spiro atoms. The van der Waals surface area contributed by atoms with Crippen LogP contribution < -0.4 is 0 Å². The first kappa shape index (κ1) is 15.8. The number of methoxy groups -OCH3 is 1. The number of allylic oxidation sites excluding steroid dienone is 4. The van der Waals surface area contributed by atoms with Crippen LogP contribution in [0.2, 0.25) is 0 Å². The zero-order valence-corrected chi connectivity index (χ0v) is 12.4. The van der Waals surface area contributed by atoms with Gasteiger partial charge in [0.15, 0.2) is 5.78 Å². The van der Waals surface area contributed by atoms with Crippen LogP contribution in [0.5, 0.6) is 0 Å². The number of hydrogen-bond acceptors (Lipinski definition) is 4. The summed E-state index contributed by atoms with van der Waals surface area (Å²) in [6.45, 7) is 0. The van der Waals surface area contributed by atoms with Crippen LogP contribution in [-0.4, -0.2) is 24.0 Å². The highest BCUT2D eigenvalue weighted by Crippen LogP contribution is 2.28. The third-order valence-electron chi connectivity index (χ3n) is 3.51. The summed E-state index contributed by atoms with van der Waals surface area (Å²) in [7, 11) is 1.31. The van der Waals surface area contributed by atoms with E-state index in [4.69, 9.17) is 0 Å². The molecule has 4 heteroatoms. The molecule has 0 saturated carbocycles. The van der Waals surface area contributed by atoms with Crippen molar-refractivity contribution in [3.05, 3.63) is 65.5 Å². The summed E-state index contributed by atoms with van der Waals surface area (Å²) in [5.74, 6) is -1.13. The van der Waals surface area contributed by atoms with E-state index in [1.54, 1.807) is 12.2 Å². The lowest BCUT2D eigenvalue weighted by molar-refractivity contribution is -0.141. The lowest BCUT2D eigenvalue weighted by atomic mass is 9.84. The zero-order valence-electron chi connectivity index (χ0n) is 12.4. The fourth-order valence-electron chi connectivity index (χ4n) is 2.38. The van der Waals surface area contributed by atoms with Gasteiger partial charge in [-0.25, -0.2) is 0 Å². The molecule has 0 radical (unpaired) electrons. The number of ketones is 1. The Morgan fingerprint density at radius 3 is 2.77 bits per heavy atom. The van der Waals surface area contributed by atoms with Crippen molar-refractivity contribution in [2.75, 3.05) is 7.11 Å². The minimum Gasteiger partial charge on any atom is -0.508 e. The lowest BCUT2D eigenvalue weighted by Gasteiger charge is -2.20. The van der Waals surface area contributed by atoms with Gasteiger partial charge in [-0.2, -0.15) is 0 Å². The highest BCUT2D eigenvalue weighted by Gasteiger charge is 2.27. The van der Waals surface area contributed by atoms with Crippen molar-refractivity contribution in [3.8, 4) is 0 Å². The summed E-state index contributed by atoms with van der Waals surface area (Å²) in [4.78, 5) is 23.5. The first-order valence-corrected chi connectivity index (χ1v) is 7.05. The number of ether oxygens (including phenoxy) is 1. The first-order chi connectivity index (χ1) is 10.6. The summed E-state index contributed by atoms with van der Waals surface area (Å²) in [6, 6.07) is 9.46. The number of carbonyl (C=O) groups excluding carboxylic acids is 2. The van der Waals surface area contributed by atoms with Gasteiger partial charge in [-0.15, -0.1) is 0 Å². The van der Waals surface area contributed by atoms with Crippen molar-refractivity contribution >= 4 is 17.8 Å². The largest absolute Gasteiger partial charge is 0.508 e. The van der Waals surface area contributed by atoms with Crippen LogP contribution in [0.25, 0.3) is 6.08 Å². The van der Waals surface area contributed by atoms with Gasteiger partial charge in [0.2, 0.25) is 0 Å². The van der Waals surface area contributed by atoms with E-state index in [2.05, 4.69) is 4.74 Å². The molecule has 1 aliphatic carbocycles. The van der Waals surface area contributed by atoms with Crippen molar-refractivity contribution in [1.29, 1.82) is 0 Å². The number of benzene rings is 1. The van der Waals surface area contributed by atoms with Crippen LogP contribution in [0, 0.1) is 5.92 Å². The molecule has 1 atom stereocenters. The van der Waals surface area contributed by atoms with Crippen LogP contribution in [0.4, 0.5) is 0 Å². The van der Waals surface area contributed by atoms with E-state index in [1.807, 2.05) is 30.3 Å². The molecule has 1 aromatic rings. The van der Waals surface area contributed by atoms with Crippen LogP contribution in [0.3, 0.4) is 0 Å². The van der Waals surface area contributed by atoms with Crippen molar-refractivity contribution in [2.45, 2.75) is 12.8 Å². The number of aliphatic hydroxyl groups is 1. The molecule has 0 saturated heterocycles. The summed E-state index contributed by atoms with van der Waals surface area (Å²) in [6.07, 6.45) is 6.96. The van der Waals surface area contributed by atoms with Crippen LogP contribution >= 0.6 is 0 Å². The van der Waals surface area contributed by atoms with Gasteiger partial charge in [0.1, 0.15) is 5.76 Å². The van der Waals surface area contributed by atoms with E-state index in [1.165, 1.54) is 19.3 Å². The quantitative estimate of drug-likeness (QED) is 0.526. The van der Waals surface area contributed by atoms with E-state index in [0.717, 1.165) is 5.56 Å². The van der Waals surface area contributed by atoms with Gasteiger partial charge in [0, 0.05) is 11.5 Å². The molecular weight excluding hydrogens is 280 g/mol. The van der Waals surface area contributed by atoms with E-state index in [9.17, 15) is 14.7 Å². The number of esters is 1. The van der Waals surface area contributed by atoms with Gasteiger partial charge in [-0.05, 0) is 24.1 Å². The number of carbonyl (C=O) groups is 2. The minimum atomic E-state index is -0.398. The van der Waals surface area contributed by atoms with Gasteiger partial charge >= 0.3 is 5.97 Å². The second-order valence-corrected chi connectivity index (χ2v) is 5.02. The van der Waals surface area contributed by atoms with Gasteiger partial charge < -0.3 is 9.84 Å². The molecule has 4 nitrogen and oxygen atoms in total. The Morgan fingerprint density at radius 1 is 1.36 bits per heavy atom. The maximum Gasteiger partial charge on any atom is 0.306 e. The molecule has 22 heavy (non-hydrogen) atoms. The van der Waals surface area contributed by atoms with E-state index >= 15 is 0 Å².